The van der Waals surface area contributed by atoms with Crippen LogP contribution in [0, 0.1) is 0 Å². The molecule has 0 aromatic rings. The Kier molecular flexibility index (Phi) is 5.32. The van der Waals surface area contributed by atoms with Gasteiger partial charge in [-0.1, -0.05) is 0 Å². The van der Waals surface area contributed by atoms with Crippen molar-refractivity contribution in [1.29, 1.82) is 0 Å². The lowest BCUT2D eigenvalue weighted by molar-refractivity contribution is -0.137. The third kappa shape index (κ3) is 3.81. The summed E-state index contributed by atoms with van der Waals surface area (Å²) < 4.78 is 0. The number of rotatable bonds is 3. The Morgan fingerprint density at radius 2 is 1.80 bits per heavy atom. The number of hydrogen-bond donors (Lipinski definition) is 0. The highest BCUT2D eigenvalue weighted by atomic mass is 16.2. The minimum Gasteiger partial charge on any atom is -0.346 e. The van der Waals surface area contributed by atoms with Crippen LogP contribution < -0.4 is 0 Å². The van der Waals surface area contributed by atoms with Crippen LogP contribution >= 0.6 is 0 Å². The monoisotopic (exact) mass is 350 g/mol. The SMILES string of the molecule is CN1CC[C@]2(CCC1=O)CN(C(=O)CCN1CCCC1=O)CCN2C. The van der Waals surface area contributed by atoms with E-state index in [1.807, 2.05) is 21.7 Å². The summed E-state index contributed by atoms with van der Waals surface area (Å²) in [6.07, 6.45) is 4.19. The van der Waals surface area contributed by atoms with E-state index in [4.69, 9.17) is 0 Å². The Labute approximate surface area is 149 Å². The van der Waals surface area contributed by atoms with Crippen LogP contribution in [0.25, 0.3) is 0 Å². The Hall–Kier alpha value is -1.63. The van der Waals surface area contributed by atoms with E-state index in [1.165, 1.54) is 0 Å². The highest BCUT2D eigenvalue weighted by molar-refractivity contribution is 5.80. The summed E-state index contributed by atoms with van der Waals surface area (Å²) in [6, 6.07) is 0. The van der Waals surface area contributed by atoms with Crippen LogP contribution in [0.4, 0.5) is 0 Å². The molecule has 0 saturated carbocycles. The second-order valence-corrected chi connectivity index (χ2v) is 7.76. The molecule has 3 heterocycles. The minimum absolute atomic E-state index is 0.0994. The first-order chi connectivity index (χ1) is 11.9. The summed E-state index contributed by atoms with van der Waals surface area (Å²) in [5, 5.41) is 0. The van der Waals surface area contributed by atoms with Crippen molar-refractivity contribution in [3.63, 3.8) is 0 Å². The molecule has 0 radical (unpaired) electrons. The normalized spacial score (nSPS) is 28.8. The van der Waals surface area contributed by atoms with Crippen LogP contribution in [-0.2, 0) is 14.4 Å². The number of amides is 3. The van der Waals surface area contributed by atoms with Crippen molar-refractivity contribution in [2.24, 2.45) is 0 Å². The van der Waals surface area contributed by atoms with Gasteiger partial charge in [0, 0.05) is 71.1 Å². The molecule has 7 nitrogen and oxygen atoms in total. The Morgan fingerprint density at radius 1 is 1.00 bits per heavy atom. The summed E-state index contributed by atoms with van der Waals surface area (Å²) in [7, 11) is 3.97. The average Bonchev–Trinajstić information content (AvgIpc) is 2.96. The number of carbonyl (C=O) groups is 3. The molecule has 140 valence electrons. The van der Waals surface area contributed by atoms with Gasteiger partial charge < -0.3 is 14.7 Å². The molecular weight excluding hydrogens is 320 g/mol. The zero-order valence-corrected chi connectivity index (χ0v) is 15.5. The number of likely N-dealkylation sites (tertiary alicyclic amines) is 2. The highest BCUT2D eigenvalue weighted by Crippen LogP contribution is 2.32. The number of carbonyl (C=O) groups excluding carboxylic acids is 3. The van der Waals surface area contributed by atoms with Crippen LogP contribution in [0.2, 0.25) is 0 Å². The molecule has 0 aromatic carbocycles. The lowest BCUT2D eigenvalue weighted by Crippen LogP contribution is -2.62. The van der Waals surface area contributed by atoms with Gasteiger partial charge in [0.25, 0.3) is 0 Å². The second-order valence-electron chi connectivity index (χ2n) is 7.76. The van der Waals surface area contributed by atoms with Crippen molar-refractivity contribution in [1.82, 2.24) is 19.6 Å². The molecule has 25 heavy (non-hydrogen) atoms. The first kappa shape index (κ1) is 18.2. The molecule has 3 fully saturated rings. The number of piperazine rings is 1. The zero-order valence-electron chi connectivity index (χ0n) is 15.5. The van der Waals surface area contributed by atoms with Crippen LogP contribution in [-0.4, -0.2) is 96.2 Å². The molecule has 1 atom stereocenters. The predicted molar refractivity (Wildman–Crippen MR) is 93.9 cm³/mol. The summed E-state index contributed by atoms with van der Waals surface area (Å²) in [4.78, 5) is 44.4. The van der Waals surface area contributed by atoms with E-state index in [0.717, 1.165) is 45.4 Å². The van der Waals surface area contributed by atoms with Crippen molar-refractivity contribution in [2.45, 2.75) is 44.1 Å². The van der Waals surface area contributed by atoms with E-state index < -0.39 is 0 Å². The van der Waals surface area contributed by atoms with Crippen LogP contribution in [0.5, 0.6) is 0 Å². The average molecular weight is 350 g/mol. The van der Waals surface area contributed by atoms with E-state index in [1.54, 1.807) is 0 Å². The van der Waals surface area contributed by atoms with Gasteiger partial charge in [0.2, 0.25) is 17.7 Å². The van der Waals surface area contributed by atoms with Crippen molar-refractivity contribution < 1.29 is 14.4 Å². The Balaban J connectivity index is 1.60. The van der Waals surface area contributed by atoms with Gasteiger partial charge in [0.1, 0.15) is 0 Å². The van der Waals surface area contributed by atoms with Crippen LogP contribution in [0.3, 0.4) is 0 Å². The van der Waals surface area contributed by atoms with Crippen molar-refractivity contribution in [3.05, 3.63) is 0 Å². The zero-order chi connectivity index (χ0) is 18.0. The fourth-order valence-electron chi connectivity index (χ4n) is 4.30. The molecule has 0 aromatic heterocycles. The van der Waals surface area contributed by atoms with Crippen molar-refractivity contribution in [3.8, 4) is 0 Å². The predicted octanol–water partition coefficient (Wildman–Crippen LogP) is 0.154. The van der Waals surface area contributed by atoms with E-state index in [-0.39, 0.29) is 23.3 Å². The van der Waals surface area contributed by atoms with E-state index in [0.29, 0.717) is 32.4 Å². The van der Waals surface area contributed by atoms with E-state index in [2.05, 4.69) is 11.9 Å². The van der Waals surface area contributed by atoms with Gasteiger partial charge in [0.15, 0.2) is 0 Å². The fourth-order valence-corrected chi connectivity index (χ4v) is 4.30. The molecular formula is C18H30N4O3. The van der Waals surface area contributed by atoms with Gasteiger partial charge in [0.05, 0.1) is 0 Å². The molecule has 3 rings (SSSR count). The molecule has 1 spiro atoms. The molecule has 7 heteroatoms. The molecule has 0 N–H and O–H groups in total. The lowest BCUT2D eigenvalue weighted by atomic mass is 9.86. The topological polar surface area (TPSA) is 64.2 Å². The Morgan fingerprint density at radius 3 is 2.52 bits per heavy atom. The quantitative estimate of drug-likeness (QED) is 0.727. The smallest absolute Gasteiger partial charge is 0.224 e. The van der Waals surface area contributed by atoms with Gasteiger partial charge in [-0.05, 0) is 26.3 Å². The maximum absolute atomic E-state index is 12.7. The van der Waals surface area contributed by atoms with Crippen molar-refractivity contribution in [2.75, 3.05) is 53.4 Å². The van der Waals surface area contributed by atoms with Crippen molar-refractivity contribution >= 4 is 17.7 Å². The summed E-state index contributed by atoms with van der Waals surface area (Å²) in [6.45, 7) is 4.33. The highest BCUT2D eigenvalue weighted by Gasteiger charge is 2.42. The number of hydrogen-bond acceptors (Lipinski definition) is 4. The standard InChI is InChI=1S/C18H30N4O3/c1-19-11-8-18(7-5-15(19)23)14-22(13-12-20(18)2)17(25)6-10-21-9-3-4-16(21)24/h3-14H2,1-2H3/t18-/m1/s1. The Bertz CT molecular complexity index is 552. The lowest BCUT2D eigenvalue weighted by Gasteiger charge is -2.49. The van der Waals surface area contributed by atoms with Crippen LogP contribution in [0.15, 0.2) is 0 Å². The number of likely N-dealkylation sites (N-methyl/N-ethyl adjacent to an activating group) is 1. The molecule has 3 saturated heterocycles. The molecule has 0 unspecified atom stereocenters. The van der Waals surface area contributed by atoms with Gasteiger partial charge in [-0.15, -0.1) is 0 Å². The van der Waals surface area contributed by atoms with E-state index in [9.17, 15) is 14.4 Å². The molecule has 0 bridgehead atoms. The van der Waals surface area contributed by atoms with E-state index >= 15 is 0 Å². The minimum atomic E-state index is -0.0994. The van der Waals surface area contributed by atoms with Gasteiger partial charge in [-0.2, -0.15) is 0 Å². The van der Waals surface area contributed by atoms with Gasteiger partial charge in [-0.25, -0.2) is 0 Å². The molecule has 3 amide bonds. The summed E-state index contributed by atoms with van der Waals surface area (Å²) in [5.41, 5.74) is -0.0994. The second kappa shape index (κ2) is 7.32. The third-order valence-electron chi connectivity index (χ3n) is 6.26. The summed E-state index contributed by atoms with van der Waals surface area (Å²) in [5.74, 6) is 0.505. The fraction of sp³-hybridized carbons (Fsp3) is 0.833. The first-order valence-corrected chi connectivity index (χ1v) is 9.42. The largest absolute Gasteiger partial charge is 0.346 e. The number of nitrogens with zero attached hydrogens (tertiary/aromatic N) is 4. The first-order valence-electron chi connectivity index (χ1n) is 9.42. The van der Waals surface area contributed by atoms with Gasteiger partial charge >= 0.3 is 0 Å². The molecule has 3 aliphatic heterocycles. The molecule has 0 aliphatic carbocycles. The molecule has 3 aliphatic rings. The maximum Gasteiger partial charge on any atom is 0.224 e. The third-order valence-corrected chi connectivity index (χ3v) is 6.26. The summed E-state index contributed by atoms with van der Waals surface area (Å²) >= 11 is 0. The van der Waals surface area contributed by atoms with Gasteiger partial charge in [-0.3, -0.25) is 19.3 Å². The maximum atomic E-state index is 12.7. The van der Waals surface area contributed by atoms with Crippen LogP contribution in [0.1, 0.15) is 38.5 Å².